The van der Waals surface area contributed by atoms with Crippen molar-refractivity contribution in [2.45, 2.75) is 32.3 Å². The molecule has 0 radical (unpaired) electrons. The van der Waals surface area contributed by atoms with E-state index in [0.29, 0.717) is 5.92 Å². The third-order valence-electron chi connectivity index (χ3n) is 2.60. The first-order valence-electron chi connectivity index (χ1n) is 4.22. The average Bonchev–Trinajstić information content (AvgIpc) is 1.86. The Bertz CT molecular complexity index is 138. The molecule has 1 fully saturated rings. The quantitative estimate of drug-likeness (QED) is 0.779. The molecule has 0 spiro atoms. The van der Waals surface area contributed by atoms with Crippen LogP contribution in [-0.2, 0) is 0 Å². The van der Waals surface area contributed by atoms with Crippen LogP contribution in [0.1, 0.15) is 26.2 Å². The maximum absolute atomic E-state index is 9.49. The second-order valence-corrected chi connectivity index (χ2v) is 4.03. The highest BCUT2D eigenvalue weighted by molar-refractivity contribution is 14.1. The van der Waals surface area contributed by atoms with Crippen molar-refractivity contribution in [3.05, 3.63) is 10.2 Å². The first kappa shape index (κ1) is 9.52. The van der Waals surface area contributed by atoms with E-state index in [2.05, 4.69) is 29.5 Å². The molecule has 1 atom stereocenters. The summed E-state index contributed by atoms with van der Waals surface area (Å²) in [7, 11) is 0. The minimum atomic E-state index is -0.185. The first-order chi connectivity index (χ1) is 5.27. The molecule has 0 heterocycles. The predicted molar refractivity (Wildman–Crippen MR) is 55.7 cm³/mol. The van der Waals surface area contributed by atoms with Crippen molar-refractivity contribution in [1.29, 1.82) is 0 Å². The molecule has 1 unspecified atom stereocenters. The van der Waals surface area contributed by atoms with Crippen LogP contribution < -0.4 is 0 Å². The Labute approximate surface area is 82.0 Å². The molecule has 0 saturated heterocycles. The summed E-state index contributed by atoms with van der Waals surface area (Å²) in [6.45, 7) is 2.22. The molecule has 0 aliphatic heterocycles. The molecule has 0 amide bonds. The number of hydrogen-bond acceptors (Lipinski definition) is 1. The highest BCUT2D eigenvalue weighted by Crippen LogP contribution is 2.38. The van der Waals surface area contributed by atoms with Gasteiger partial charge in [0.15, 0.2) is 0 Å². The van der Waals surface area contributed by atoms with E-state index in [4.69, 9.17) is 0 Å². The van der Waals surface area contributed by atoms with E-state index in [-0.39, 0.29) is 6.10 Å². The van der Waals surface area contributed by atoms with Crippen molar-refractivity contribution in [1.82, 2.24) is 0 Å². The molecular weight excluding hydrogens is 251 g/mol. The second-order valence-electron chi connectivity index (χ2n) is 3.31. The van der Waals surface area contributed by atoms with Crippen LogP contribution in [0.25, 0.3) is 0 Å². The Hall–Kier alpha value is 0.430. The Balaban J connectivity index is 2.20. The molecule has 1 aliphatic carbocycles. The fraction of sp³-hybridized carbons (Fsp3) is 0.778. The van der Waals surface area contributed by atoms with Crippen molar-refractivity contribution < 1.29 is 5.11 Å². The highest BCUT2D eigenvalue weighted by atomic mass is 127. The van der Waals surface area contributed by atoms with Gasteiger partial charge in [-0.15, -0.1) is 0 Å². The number of halogens is 1. The number of rotatable bonds is 3. The molecule has 1 aliphatic rings. The second kappa shape index (κ2) is 4.45. The Morgan fingerprint density at radius 2 is 2.27 bits per heavy atom. The summed E-state index contributed by atoms with van der Waals surface area (Å²) in [5, 5.41) is 9.49. The Morgan fingerprint density at radius 1 is 1.64 bits per heavy atom. The van der Waals surface area contributed by atoms with E-state index in [9.17, 15) is 5.11 Å². The Kier molecular flexibility index (Phi) is 3.85. The molecule has 1 nitrogen and oxygen atoms in total. The van der Waals surface area contributed by atoms with Gasteiger partial charge in [0, 0.05) is 0 Å². The van der Waals surface area contributed by atoms with Gasteiger partial charge in [0.1, 0.15) is 0 Å². The van der Waals surface area contributed by atoms with Crippen molar-refractivity contribution in [3.8, 4) is 0 Å². The molecule has 0 aromatic rings. The maximum atomic E-state index is 9.49. The summed E-state index contributed by atoms with van der Waals surface area (Å²) in [6.07, 6.45) is 5.42. The van der Waals surface area contributed by atoms with Gasteiger partial charge in [0.25, 0.3) is 0 Å². The zero-order chi connectivity index (χ0) is 8.27. The van der Waals surface area contributed by atoms with Gasteiger partial charge in [-0.3, -0.25) is 0 Å². The number of aliphatic hydroxyl groups is 1. The van der Waals surface area contributed by atoms with Gasteiger partial charge in [-0.05, 0) is 34.8 Å². The van der Waals surface area contributed by atoms with Gasteiger partial charge in [0.2, 0.25) is 0 Å². The highest BCUT2D eigenvalue weighted by Gasteiger charge is 2.31. The molecule has 64 valence electrons. The average molecular weight is 266 g/mol. The summed E-state index contributed by atoms with van der Waals surface area (Å²) in [5.74, 6) is 1.43. The van der Waals surface area contributed by atoms with E-state index >= 15 is 0 Å². The summed E-state index contributed by atoms with van der Waals surface area (Å²) in [5.41, 5.74) is 0. The van der Waals surface area contributed by atoms with E-state index in [0.717, 1.165) is 5.92 Å². The summed E-state index contributed by atoms with van der Waals surface area (Å²) < 4.78 is 1.90. The monoisotopic (exact) mass is 266 g/mol. The molecular formula is C9H15IO. The van der Waals surface area contributed by atoms with Gasteiger partial charge in [0.05, 0.1) is 6.10 Å². The third kappa shape index (κ3) is 2.44. The van der Waals surface area contributed by atoms with Crippen LogP contribution in [0.15, 0.2) is 10.2 Å². The molecule has 1 rings (SSSR count). The zero-order valence-corrected chi connectivity index (χ0v) is 8.99. The lowest BCUT2D eigenvalue weighted by atomic mass is 9.71. The number of aliphatic hydroxyl groups excluding tert-OH is 1. The predicted octanol–water partition coefficient (Wildman–Crippen LogP) is 2.73. The summed E-state index contributed by atoms with van der Waals surface area (Å²) >= 11 is 2.15. The largest absolute Gasteiger partial charge is 0.389 e. The Morgan fingerprint density at radius 3 is 2.73 bits per heavy atom. The normalized spacial score (nSPS) is 33.7. The van der Waals surface area contributed by atoms with E-state index in [1.165, 1.54) is 19.3 Å². The lowest BCUT2D eigenvalue weighted by Crippen LogP contribution is -2.32. The van der Waals surface area contributed by atoms with Gasteiger partial charge in [-0.25, -0.2) is 0 Å². The topological polar surface area (TPSA) is 20.2 Å². The molecule has 0 aromatic heterocycles. The zero-order valence-electron chi connectivity index (χ0n) is 6.83. The van der Waals surface area contributed by atoms with E-state index in [1.807, 2.05) is 10.2 Å². The van der Waals surface area contributed by atoms with E-state index in [1.54, 1.807) is 0 Å². The smallest absolute Gasteiger partial charge is 0.0756 e. The van der Waals surface area contributed by atoms with Crippen LogP contribution in [0.5, 0.6) is 0 Å². The summed E-state index contributed by atoms with van der Waals surface area (Å²) in [6, 6.07) is 0. The maximum Gasteiger partial charge on any atom is 0.0756 e. The first-order valence-corrected chi connectivity index (χ1v) is 5.47. The van der Waals surface area contributed by atoms with Gasteiger partial charge >= 0.3 is 0 Å². The van der Waals surface area contributed by atoms with Gasteiger partial charge in [-0.1, -0.05) is 35.9 Å². The SMILES string of the molecule is CC[C@H]1C[C@H](C(O)C=CI)C1. The lowest BCUT2D eigenvalue weighted by Gasteiger charge is -2.36. The number of hydrogen-bond donors (Lipinski definition) is 1. The lowest BCUT2D eigenvalue weighted by molar-refractivity contribution is 0.0572. The van der Waals surface area contributed by atoms with Crippen LogP contribution >= 0.6 is 22.6 Å². The summed E-state index contributed by atoms with van der Waals surface area (Å²) in [4.78, 5) is 0. The molecule has 1 N–H and O–H groups in total. The standard InChI is InChI=1S/C9H15IO/c1-2-7-5-8(6-7)9(11)3-4-10/h3-4,7-9,11H,2,5-6H2,1H3/t7-,8-,9?. The third-order valence-corrected chi connectivity index (χ3v) is 3.02. The van der Waals surface area contributed by atoms with Crippen LogP contribution in [0.3, 0.4) is 0 Å². The molecule has 11 heavy (non-hydrogen) atoms. The van der Waals surface area contributed by atoms with Crippen LogP contribution in [0, 0.1) is 11.8 Å². The van der Waals surface area contributed by atoms with Gasteiger partial charge in [-0.2, -0.15) is 0 Å². The molecule has 0 aromatic carbocycles. The van der Waals surface area contributed by atoms with Gasteiger partial charge < -0.3 is 5.11 Å². The van der Waals surface area contributed by atoms with Crippen LogP contribution in [-0.4, -0.2) is 11.2 Å². The van der Waals surface area contributed by atoms with Crippen molar-refractivity contribution in [2.24, 2.45) is 11.8 Å². The molecule has 0 bridgehead atoms. The minimum absolute atomic E-state index is 0.185. The molecule has 2 heteroatoms. The fourth-order valence-electron chi connectivity index (χ4n) is 1.63. The van der Waals surface area contributed by atoms with Crippen LogP contribution in [0.2, 0.25) is 0 Å². The van der Waals surface area contributed by atoms with Crippen molar-refractivity contribution >= 4 is 22.6 Å². The van der Waals surface area contributed by atoms with Crippen LogP contribution in [0.4, 0.5) is 0 Å². The fourth-order valence-corrected chi connectivity index (χ4v) is 2.06. The minimum Gasteiger partial charge on any atom is -0.389 e. The van der Waals surface area contributed by atoms with Crippen molar-refractivity contribution in [3.63, 3.8) is 0 Å². The molecule has 1 saturated carbocycles. The van der Waals surface area contributed by atoms with Crippen molar-refractivity contribution in [2.75, 3.05) is 0 Å². The van der Waals surface area contributed by atoms with E-state index < -0.39 is 0 Å².